The van der Waals surface area contributed by atoms with Crippen LogP contribution < -0.4 is 10.1 Å². The van der Waals surface area contributed by atoms with E-state index in [9.17, 15) is 14.4 Å². The number of hydrogen-bond acceptors (Lipinski definition) is 6. The van der Waals surface area contributed by atoms with E-state index in [0.29, 0.717) is 17.6 Å². The summed E-state index contributed by atoms with van der Waals surface area (Å²) in [6, 6.07) is 9.90. The van der Waals surface area contributed by atoms with E-state index in [2.05, 4.69) is 5.32 Å². The molecule has 7 nitrogen and oxygen atoms in total. The van der Waals surface area contributed by atoms with Crippen molar-refractivity contribution in [2.45, 2.75) is 6.54 Å². The van der Waals surface area contributed by atoms with E-state index in [0.717, 1.165) is 0 Å². The Hall–Kier alpha value is -3.09. The van der Waals surface area contributed by atoms with Crippen molar-refractivity contribution < 1.29 is 28.3 Å². The van der Waals surface area contributed by atoms with E-state index in [4.69, 9.17) is 13.9 Å². The number of hydrogen-bond donors (Lipinski definition) is 1. The predicted molar refractivity (Wildman–Crippen MR) is 78.8 cm³/mol. The first-order valence-electron chi connectivity index (χ1n) is 6.80. The Morgan fingerprint density at radius 1 is 1.13 bits per heavy atom. The summed E-state index contributed by atoms with van der Waals surface area (Å²) in [5.74, 6) is -0.290. The minimum absolute atomic E-state index is 0.215. The van der Waals surface area contributed by atoms with Crippen LogP contribution in [0.15, 0.2) is 47.1 Å². The second-order valence-electron chi connectivity index (χ2n) is 4.46. The predicted octanol–water partition coefficient (Wildman–Crippen LogP) is 1.33. The van der Waals surface area contributed by atoms with E-state index < -0.39 is 25.1 Å². The number of carbonyl (C=O) groups is 3. The minimum atomic E-state index is -0.709. The van der Waals surface area contributed by atoms with Gasteiger partial charge < -0.3 is 19.2 Å². The quantitative estimate of drug-likeness (QED) is 0.583. The van der Waals surface area contributed by atoms with E-state index in [1.54, 1.807) is 36.4 Å². The van der Waals surface area contributed by atoms with Gasteiger partial charge in [-0.1, -0.05) is 12.1 Å². The van der Waals surface area contributed by atoms with Crippen molar-refractivity contribution in [3.63, 3.8) is 0 Å². The van der Waals surface area contributed by atoms with Crippen LogP contribution >= 0.6 is 0 Å². The van der Waals surface area contributed by atoms with Crippen LogP contribution in [0.5, 0.6) is 5.75 Å². The lowest BCUT2D eigenvalue weighted by atomic mass is 10.2. The summed E-state index contributed by atoms with van der Waals surface area (Å²) < 4.78 is 15.0. The van der Waals surface area contributed by atoms with Crippen LogP contribution in [0.2, 0.25) is 0 Å². The Kier molecular flexibility index (Phi) is 5.93. The maximum absolute atomic E-state index is 11.5. The first-order valence-corrected chi connectivity index (χ1v) is 6.80. The molecule has 1 amide bonds. The molecule has 23 heavy (non-hydrogen) atoms. The van der Waals surface area contributed by atoms with Gasteiger partial charge in [0.1, 0.15) is 11.5 Å². The van der Waals surface area contributed by atoms with Gasteiger partial charge in [-0.3, -0.25) is 9.59 Å². The fourth-order valence-corrected chi connectivity index (χ4v) is 1.68. The zero-order valence-corrected chi connectivity index (χ0v) is 12.2. The minimum Gasteiger partial charge on any atom is -0.481 e. The molecule has 0 saturated heterocycles. The largest absolute Gasteiger partial charge is 0.481 e. The number of furan rings is 1. The lowest BCUT2D eigenvalue weighted by molar-refractivity contribution is -0.150. The normalized spacial score (nSPS) is 9.91. The van der Waals surface area contributed by atoms with Gasteiger partial charge in [-0.05, 0) is 24.3 Å². The topological polar surface area (TPSA) is 94.8 Å². The first kappa shape index (κ1) is 16.3. The third-order valence-corrected chi connectivity index (χ3v) is 2.80. The molecule has 0 aliphatic heterocycles. The molecule has 2 rings (SSSR count). The average molecular weight is 317 g/mol. The molecule has 0 atom stereocenters. The monoisotopic (exact) mass is 317 g/mol. The summed E-state index contributed by atoms with van der Waals surface area (Å²) in [6.07, 6.45) is 2.12. The Morgan fingerprint density at radius 3 is 2.70 bits per heavy atom. The molecule has 0 aliphatic rings. The number of rotatable bonds is 8. The number of carbonyl (C=O) groups excluding carboxylic acids is 3. The van der Waals surface area contributed by atoms with Gasteiger partial charge in [0.15, 0.2) is 19.5 Å². The fraction of sp³-hybridized carbons (Fsp3) is 0.188. The molecule has 1 aromatic carbocycles. The van der Waals surface area contributed by atoms with Gasteiger partial charge >= 0.3 is 5.97 Å². The SMILES string of the molecule is O=Cc1ccccc1OCC(=O)OCC(=O)NCc1ccco1. The van der Waals surface area contributed by atoms with Crippen molar-refractivity contribution in [2.75, 3.05) is 13.2 Å². The van der Waals surface area contributed by atoms with Gasteiger partial charge in [0.2, 0.25) is 0 Å². The number of benzene rings is 1. The smallest absolute Gasteiger partial charge is 0.344 e. The van der Waals surface area contributed by atoms with Crippen molar-refractivity contribution in [2.24, 2.45) is 0 Å². The van der Waals surface area contributed by atoms with Gasteiger partial charge in [0, 0.05) is 0 Å². The molecule has 7 heteroatoms. The molecule has 2 aromatic rings. The number of esters is 1. The van der Waals surface area contributed by atoms with E-state index >= 15 is 0 Å². The lowest BCUT2D eigenvalue weighted by Crippen LogP contribution is -2.29. The van der Waals surface area contributed by atoms with Crippen molar-refractivity contribution in [1.29, 1.82) is 0 Å². The zero-order chi connectivity index (χ0) is 16.5. The number of nitrogens with one attached hydrogen (secondary N) is 1. The van der Waals surface area contributed by atoms with Crippen molar-refractivity contribution in [3.8, 4) is 5.75 Å². The molecular weight excluding hydrogens is 302 g/mol. The van der Waals surface area contributed by atoms with Gasteiger partial charge in [-0.15, -0.1) is 0 Å². The van der Waals surface area contributed by atoms with Crippen LogP contribution in [0.1, 0.15) is 16.1 Å². The molecule has 1 N–H and O–H groups in total. The summed E-state index contributed by atoms with van der Waals surface area (Å²) in [6.45, 7) is -0.596. The molecule has 0 saturated carbocycles. The zero-order valence-electron chi connectivity index (χ0n) is 12.2. The van der Waals surface area contributed by atoms with Crippen LogP contribution in [-0.4, -0.2) is 31.4 Å². The Labute approximate surface area is 132 Å². The van der Waals surface area contributed by atoms with Gasteiger partial charge in [-0.25, -0.2) is 4.79 Å². The molecule has 0 radical (unpaired) electrons. The standard InChI is InChI=1S/C16H15NO6/c18-9-12-4-1-2-6-14(12)22-11-16(20)23-10-15(19)17-8-13-5-3-7-21-13/h1-7,9H,8,10-11H2,(H,17,19). The Morgan fingerprint density at radius 2 is 1.96 bits per heavy atom. The average Bonchev–Trinajstić information content (AvgIpc) is 3.10. The van der Waals surface area contributed by atoms with Crippen LogP contribution in [0, 0.1) is 0 Å². The second kappa shape index (κ2) is 8.38. The number of ether oxygens (including phenoxy) is 2. The fourth-order valence-electron chi connectivity index (χ4n) is 1.68. The van der Waals surface area contributed by atoms with E-state index in [1.165, 1.54) is 6.26 Å². The third-order valence-electron chi connectivity index (χ3n) is 2.80. The Balaban J connectivity index is 1.68. The van der Waals surface area contributed by atoms with Crippen molar-refractivity contribution in [3.05, 3.63) is 54.0 Å². The summed E-state index contributed by atoms with van der Waals surface area (Å²) >= 11 is 0. The summed E-state index contributed by atoms with van der Waals surface area (Å²) in [5.41, 5.74) is 0.330. The third kappa shape index (κ3) is 5.31. The molecule has 1 heterocycles. The summed E-state index contributed by atoms with van der Waals surface area (Å²) in [4.78, 5) is 33.8. The van der Waals surface area contributed by atoms with Crippen molar-refractivity contribution in [1.82, 2.24) is 5.32 Å². The summed E-state index contributed by atoms with van der Waals surface area (Å²) in [5, 5.41) is 2.54. The first-order chi connectivity index (χ1) is 11.2. The molecule has 0 fully saturated rings. The molecule has 120 valence electrons. The van der Waals surface area contributed by atoms with Gasteiger partial charge in [0.25, 0.3) is 5.91 Å². The number of aldehydes is 1. The molecule has 0 unspecified atom stereocenters. The summed E-state index contributed by atoms with van der Waals surface area (Å²) in [7, 11) is 0. The van der Waals surface area contributed by atoms with Crippen LogP contribution in [0.25, 0.3) is 0 Å². The maximum Gasteiger partial charge on any atom is 0.344 e. The number of amides is 1. The van der Waals surface area contributed by atoms with Crippen LogP contribution in [-0.2, 0) is 20.9 Å². The number of para-hydroxylation sites is 1. The highest BCUT2D eigenvalue weighted by Gasteiger charge is 2.10. The highest BCUT2D eigenvalue weighted by Crippen LogP contribution is 2.15. The molecular formula is C16H15NO6. The maximum atomic E-state index is 11.5. The second-order valence-corrected chi connectivity index (χ2v) is 4.46. The molecule has 1 aromatic heterocycles. The molecule has 0 spiro atoms. The highest BCUT2D eigenvalue weighted by atomic mass is 16.6. The van der Waals surface area contributed by atoms with E-state index in [1.807, 2.05) is 0 Å². The van der Waals surface area contributed by atoms with Crippen LogP contribution in [0.4, 0.5) is 0 Å². The van der Waals surface area contributed by atoms with Crippen LogP contribution in [0.3, 0.4) is 0 Å². The highest BCUT2D eigenvalue weighted by molar-refractivity contribution is 5.81. The van der Waals surface area contributed by atoms with Gasteiger partial charge in [-0.2, -0.15) is 0 Å². The Bertz CT molecular complexity index is 665. The molecule has 0 aliphatic carbocycles. The molecule has 0 bridgehead atoms. The lowest BCUT2D eigenvalue weighted by Gasteiger charge is -2.08. The van der Waals surface area contributed by atoms with Gasteiger partial charge in [0.05, 0.1) is 18.4 Å². The van der Waals surface area contributed by atoms with E-state index in [-0.39, 0.29) is 12.3 Å². The van der Waals surface area contributed by atoms with Crippen molar-refractivity contribution >= 4 is 18.2 Å².